The van der Waals surface area contributed by atoms with Crippen LogP contribution in [0.25, 0.3) is 0 Å². The van der Waals surface area contributed by atoms with Gasteiger partial charge < -0.3 is 20.4 Å². The van der Waals surface area contributed by atoms with Crippen molar-refractivity contribution in [2.45, 2.75) is 31.3 Å². The van der Waals surface area contributed by atoms with E-state index in [-0.39, 0.29) is 35.7 Å². The van der Waals surface area contributed by atoms with Gasteiger partial charge in [0.25, 0.3) is 11.8 Å². The summed E-state index contributed by atoms with van der Waals surface area (Å²) in [6, 6.07) is 14.2. The third kappa shape index (κ3) is 5.58. The number of aliphatic imine (C=N–C) groups is 2. The van der Waals surface area contributed by atoms with E-state index in [9.17, 15) is 19.2 Å². The molecule has 4 aliphatic heterocycles. The molecule has 0 spiro atoms. The molecule has 4 amide bonds. The number of carbonyl (C=O) groups excluding carboxylic acids is 4. The lowest BCUT2D eigenvalue weighted by atomic mass is 10.1. The number of amides is 4. The third-order valence-corrected chi connectivity index (χ3v) is 7.67. The van der Waals surface area contributed by atoms with Crippen molar-refractivity contribution >= 4 is 47.4 Å². The fourth-order valence-electron chi connectivity index (χ4n) is 5.64. The fourth-order valence-corrected chi connectivity index (χ4v) is 5.64. The Balaban J connectivity index is 0.936. The lowest BCUT2D eigenvalue weighted by molar-refractivity contribution is -0.116. The Hall–Kier alpha value is -4.86. The monoisotopic (exact) mass is 550 g/mol. The van der Waals surface area contributed by atoms with Crippen LogP contribution >= 0.6 is 0 Å². The van der Waals surface area contributed by atoms with Gasteiger partial charge >= 0.3 is 0 Å². The van der Waals surface area contributed by atoms with Crippen molar-refractivity contribution in [2.75, 3.05) is 26.2 Å². The smallest absolute Gasteiger partial charge is 0.256 e. The maximum absolute atomic E-state index is 13.0. The molecule has 0 bridgehead atoms. The van der Waals surface area contributed by atoms with Crippen LogP contribution < -0.4 is 10.6 Å². The van der Waals surface area contributed by atoms with Gasteiger partial charge in [-0.05, 0) is 54.7 Å². The predicted molar refractivity (Wildman–Crippen MR) is 155 cm³/mol. The summed E-state index contributed by atoms with van der Waals surface area (Å²) in [6.45, 7) is 1.59. The van der Waals surface area contributed by atoms with Crippen LogP contribution in [-0.2, 0) is 9.59 Å². The first-order chi connectivity index (χ1) is 20.0. The van der Waals surface area contributed by atoms with Crippen LogP contribution in [0.15, 0.2) is 81.8 Å². The first-order valence-electron chi connectivity index (χ1n) is 13.8. The third-order valence-electron chi connectivity index (χ3n) is 7.67. The summed E-state index contributed by atoms with van der Waals surface area (Å²) in [7, 11) is 0. The van der Waals surface area contributed by atoms with Gasteiger partial charge in [0.2, 0.25) is 11.8 Å². The molecule has 2 atom stereocenters. The van der Waals surface area contributed by atoms with Crippen molar-refractivity contribution in [1.82, 2.24) is 20.4 Å². The Kier molecular flexibility index (Phi) is 7.28. The summed E-state index contributed by atoms with van der Waals surface area (Å²) in [6.07, 6.45) is 8.40. The molecule has 10 heteroatoms. The van der Waals surface area contributed by atoms with Gasteiger partial charge in [0, 0.05) is 50.8 Å². The second-order valence-electron chi connectivity index (χ2n) is 10.5. The van der Waals surface area contributed by atoms with Gasteiger partial charge in [0.15, 0.2) is 0 Å². The molecule has 208 valence electrons. The van der Waals surface area contributed by atoms with Gasteiger partial charge in [0.05, 0.1) is 34.6 Å². The van der Waals surface area contributed by atoms with E-state index in [1.54, 1.807) is 46.5 Å². The second kappa shape index (κ2) is 11.3. The largest absolute Gasteiger partial charge is 0.352 e. The minimum Gasteiger partial charge on any atom is -0.352 e. The second-order valence-corrected chi connectivity index (χ2v) is 10.5. The number of rotatable bonds is 6. The van der Waals surface area contributed by atoms with E-state index in [0.717, 1.165) is 11.1 Å². The molecule has 2 aromatic rings. The van der Waals surface area contributed by atoms with Crippen LogP contribution in [0.5, 0.6) is 0 Å². The molecule has 2 aromatic carbocycles. The Labute approximate surface area is 237 Å². The highest BCUT2D eigenvalue weighted by Gasteiger charge is 2.35. The summed E-state index contributed by atoms with van der Waals surface area (Å²) in [4.78, 5) is 63.3. The first-order valence-corrected chi connectivity index (χ1v) is 13.8. The number of para-hydroxylation sites is 2. The highest BCUT2D eigenvalue weighted by atomic mass is 16.2. The normalized spacial score (nSPS) is 22.6. The molecule has 0 aromatic heterocycles. The van der Waals surface area contributed by atoms with Gasteiger partial charge in [-0.3, -0.25) is 29.2 Å². The molecule has 4 aliphatic rings. The molecular weight excluding hydrogens is 520 g/mol. The molecule has 4 heterocycles. The number of hydrogen-bond donors (Lipinski definition) is 2. The van der Waals surface area contributed by atoms with Crippen LogP contribution in [0.4, 0.5) is 11.4 Å². The zero-order chi connectivity index (χ0) is 28.3. The lowest BCUT2D eigenvalue weighted by Crippen LogP contribution is -2.35. The molecule has 2 fully saturated rings. The standard InChI is InChI=1S/C31H30N6O4/c38-28(14-20-12-22-16-34-26-8-3-1-6-24(26)30(40)36(22)18-20)32-10-5-11-33-29(39)15-21-13-23-17-35-27-9-4-2-7-25(27)31(41)37(23)19-21/h1-4,6-9,14-17,22-23H,5,10-13,18-19H2,(H,32,38)(H,33,39)/b20-14-,21-15+/t22-,23?/m1/s1. The zero-order valence-electron chi connectivity index (χ0n) is 22.5. The molecule has 1 unspecified atom stereocenters. The Bertz CT molecular complexity index is 1430. The fraction of sp³-hybridized carbons (Fsp3) is 0.290. The molecule has 0 saturated carbocycles. The van der Waals surface area contributed by atoms with Crippen molar-refractivity contribution in [3.63, 3.8) is 0 Å². The van der Waals surface area contributed by atoms with E-state index >= 15 is 0 Å². The number of nitrogens with zero attached hydrogens (tertiary/aromatic N) is 4. The minimum atomic E-state index is -0.220. The molecule has 0 aliphatic carbocycles. The highest BCUT2D eigenvalue weighted by Crippen LogP contribution is 2.31. The first kappa shape index (κ1) is 26.4. The molecule has 0 radical (unpaired) electrons. The molecular formula is C31H30N6O4. The van der Waals surface area contributed by atoms with Crippen molar-refractivity contribution < 1.29 is 19.2 Å². The number of hydrogen-bond acceptors (Lipinski definition) is 6. The number of fused-ring (bicyclic) bond motifs is 4. The van der Waals surface area contributed by atoms with Gasteiger partial charge in [0.1, 0.15) is 0 Å². The van der Waals surface area contributed by atoms with Crippen molar-refractivity contribution in [1.29, 1.82) is 0 Å². The maximum Gasteiger partial charge on any atom is 0.256 e. The van der Waals surface area contributed by atoms with Gasteiger partial charge in [-0.25, -0.2) is 0 Å². The van der Waals surface area contributed by atoms with E-state index in [0.29, 0.717) is 67.9 Å². The minimum absolute atomic E-state index is 0.0771. The van der Waals surface area contributed by atoms with Crippen LogP contribution in [0.2, 0.25) is 0 Å². The average Bonchev–Trinajstić information content (AvgIpc) is 3.51. The van der Waals surface area contributed by atoms with E-state index in [1.807, 2.05) is 36.4 Å². The summed E-state index contributed by atoms with van der Waals surface area (Å²) in [5.74, 6) is -0.594. The molecule has 10 nitrogen and oxygen atoms in total. The summed E-state index contributed by atoms with van der Waals surface area (Å²) in [5, 5.41) is 5.70. The Morgan fingerprint density at radius 2 is 1.17 bits per heavy atom. The van der Waals surface area contributed by atoms with Crippen molar-refractivity contribution in [3.8, 4) is 0 Å². The van der Waals surface area contributed by atoms with E-state index in [4.69, 9.17) is 0 Å². The van der Waals surface area contributed by atoms with Crippen LogP contribution in [0, 0.1) is 0 Å². The van der Waals surface area contributed by atoms with Gasteiger partial charge in [-0.2, -0.15) is 0 Å². The zero-order valence-corrected chi connectivity index (χ0v) is 22.5. The van der Waals surface area contributed by atoms with Gasteiger partial charge in [-0.1, -0.05) is 24.3 Å². The SMILES string of the molecule is O=C(/C=C1/C[C@@H]2C=Nc3ccccc3C(=O)N2C1)NCCCNC(=O)/C=C1\CC2C=Nc3ccccc3C(=O)N2C1. The topological polar surface area (TPSA) is 124 Å². The van der Waals surface area contributed by atoms with E-state index < -0.39 is 0 Å². The summed E-state index contributed by atoms with van der Waals surface area (Å²) >= 11 is 0. The number of carbonyl (C=O) groups is 4. The van der Waals surface area contributed by atoms with Crippen LogP contribution in [-0.4, -0.2) is 84.1 Å². The highest BCUT2D eigenvalue weighted by molar-refractivity contribution is 6.04. The van der Waals surface area contributed by atoms with Crippen LogP contribution in [0.1, 0.15) is 40.0 Å². The maximum atomic E-state index is 13.0. The average molecular weight is 551 g/mol. The van der Waals surface area contributed by atoms with E-state index in [2.05, 4.69) is 20.6 Å². The van der Waals surface area contributed by atoms with Crippen LogP contribution in [0.3, 0.4) is 0 Å². The lowest BCUT2D eigenvalue weighted by Gasteiger charge is -2.19. The molecule has 2 N–H and O–H groups in total. The molecule has 2 saturated heterocycles. The summed E-state index contributed by atoms with van der Waals surface area (Å²) in [5.41, 5.74) is 4.24. The molecule has 6 rings (SSSR count). The van der Waals surface area contributed by atoms with Crippen molar-refractivity contribution in [3.05, 3.63) is 83.0 Å². The predicted octanol–water partition coefficient (Wildman–Crippen LogP) is 2.72. The van der Waals surface area contributed by atoms with Gasteiger partial charge in [-0.15, -0.1) is 0 Å². The van der Waals surface area contributed by atoms with Crippen molar-refractivity contribution in [2.24, 2.45) is 9.98 Å². The quantitative estimate of drug-likeness (QED) is 0.424. The Morgan fingerprint density at radius 3 is 1.63 bits per heavy atom. The Morgan fingerprint density at radius 1 is 0.732 bits per heavy atom. The number of nitrogens with one attached hydrogen (secondary N) is 2. The molecule has 41 heavy (non-hydrogen) atoms. The summed E-state index contributed by atoms with van der Waals surface area (Å²) < 4.78 is 0. The van der Waals surface area contributed by atoms with E-state index in [1.165, 1.54) is 0 Å². The number of benzene rings is 2.